The van der Waals surface area contributed by atoms with Crippen molar-refractivity contribution in [1.29, 1.82) is 0 Å². The highest BCUT2D eigenvalue weighted by Gasteiger charge is 2.05. The molecule has 0 aliphatic rings. The minimum atomic E-state index is 0.350. The maximum absolute atomic E-state index is 4.96. The van der Waals surface area contributed by atoms with Crippen LogP contribution in [0.25, 0.3) is 0 Å². The number of thioether (sulfide) groups is 1. The zero-order valence-corrected chi connectivity index (χ0v) is 9.39. The van der Waals surface area contributed by atoms with E-state index in [9.17, 15) is 0 Å². The molecular weight excluding hydrogens is 200 g/mol. The van der Waals surface area contributed by atoms with Crippen LogP contribution in [0.5, 0.6) is 6.01 Å². The van der Waals surface area contributed by atoms with Crippen molar-refractivity contribution in [3.63, 3.8) is 0 Å². The number of ether oxygens (including phenoxy) is 1. The third-order valence-electron chi connectivity index (χ3n) is 1.44. The second-order valence-corrected chi connectivity index (χ2v) is 3.59. The molecule has 0 fully saturated rings. The molecule has 0 amide bonds. The van der Waals surface area contributed by atoms with Crippen LogP contribution < -0.4 is 10.1 Å². The molecule has 0 saturated carbocycles. The number of methoxy groups -OCH3 is 1. The molecule has 1 N–H and O–H groups in total. The molecule has 0 bridgehead atoms. The molecule has 6 heteroatoms. The van der Waals surface area contributed by atoms with E-state index in [1.807, 2.05) is 0 Å². The first-order valence-corrected chi connectivity index (χ1v) is 5.39. The Morgan fingerprint density at radius 3 is 2.71 bits per heavy atom. The van der Waals surface area contributed by atoms with Gasteiger partial charge in [0.2, 0.25) is 5.95 Å². The van der Waals surface area contributed by atoms with Crippen molar-refractivity contribution in [2.45, 2.75) is 18.5 Å². The van der Waals surface area contributed by atoms with Crippen LogP contribution in [0.4, 0.5) is 5.95 Å². The van der Waals surface area contributed by atoms with Crippen molar-refractivity contribution in [2.24, 2.45) is 0 Å². The van der Waals surface area contributed by atoms with Crippen LogP contribution >= 0.6 is 11.8 Å². The van der Waals surface area contributed by atoms with E-state index in [1.165, 1.54) is 0 Å². The number of anilines is 1. The number of hydrogen-bond donors (Lipinski definition) is 1. The van der Waals surface area contributed by atoms with Crippen molar-refractivity contribution in [3.05, 3.63) is 0 Å². The number of rotatable bonds is 5. The second kappa shape index (κ2) is 5.64. The summed E-state index contributed by atoms with van der Waals surface area (Å²) < 4.78 is 4.96. The number of nitrogens with zero attached hydrogens (tertiary/aromatic N) is 3. The van der Waals surface area contributed by atoms with E-state index < -0.39 is 0 Å². The van der Waals surface area contributed by atoms with E-state index in [0.717, 1.165) is 12.2 Å². The first-order valence-electron chi connectivity index (χ1n) is 4.40. The lowest BCUT2D eigenvalue weighted by molar-refractivity contribution is 0.374. The van der Waals surface area contributed by atoms with Crippen molar-refractivity contribution in [2.75, 3.05) is 25.2 Å². The van der Waals surface area contributed by atoms with Gasteiger partial charge in [0.05, 0.1) is 7.11 Å². The fraction of sp³-hybridized carbons (Fsp3) is 0.625. The minimum absolute atomic E-state index is 0.350. The molecule has 0 unspecified atom stereocenters. The van der Waals surface area contributed by atoms with E-state index in [-0.39, 0.29) is 0 Å². The molecule has 78 valence electrons. The molecule has 1 rings (SSSR count). The Balaban J connectivity index is 2.81. The Kier molecular flexibility index (Phi) is 4.45. The van der Waals surface area contributed by atoms with Gasteiger partial charge < -0.3 is 10.1 Å². The molecule has 14 heavy (non-hydrogen) atoms. The SMILES string of the molecule is CCCSc1nc(NC)nc(OC)n1. The van der Waals surface area contributed by atoms with Gasteiger partial charge in [0.25, 0.3) is 0 Å². The average Bonchev–Trinajstić information content (AvgIpc) is 2.25. The smallest absolute Gasteiger partial charge is 0.321 e. The molecule has 0 aliphatic heterocycles. The monoisotopic (exact) mass is 214 g/mol. The van der Waals surface area contributed by atoms with Gasteiger partial charge in [-0.1, -0.05) is 18.7 Å². The van der Waals surface area contributed by atoms with Crippen LogP contribution in [0.3, 0.4) is 0 Å². The summed E-state index contributed by atoms with van der Waals surface area (Å²) in [6, 6.07) is 0.350. The molecule has 0 atom stereocenters. The standard InChI is InChI=1S/C8H14N4OS/c1-4-5-14-8-11-6(9-2)10-7(12-8)13-3/h4-5H2,1-3H3,(H,9,10,11,12). The maximum atomic E-state index is 4.96. The first kappa shape index (κ1) is 11.0. The van der Waals surface area contributed by atoms with Gasteiger partial charge in [-0.3, -0.25) is 0 Å². The van der Waals surface area contributed by atoms with Gasteiger partial charge in [-0.2, -0.15) is 15.0 Å². The summed E-state index contributed by atoms with van der Waals surface area (Å²) in [5.74, 6) is 1.53. The number of hydrogen-bond acceptors (Lipinski definition) is 6. The van der Waals surface area contributed by atoms with Crippen LogP contribution in [0, 0.1) is 0 Å². The summed E-state index contributed by atoms with van der Waals surface area (Å²) in [6.07, 6.45) is 1.09. The number of nitrogens with one attached hydrogen (secondary N) is 1. The third-order valence-corrected chi connectivity index (χ3v) is 2.49. The molecule has 1 aromatic rings. The van der Waals surface area contributed by atoms with Crippen molar-refractivity contribution in [3.8, 4) is 6.01 Å². The van der Waals surface area contributed by atoms with E-state index in [4.69, 9.17) is 4.74 Å². The van der Waals surface area contributed by atoms with E-state index in [1.54, 1.807) is 25.9 Å². The molecule has 5 nitrogen and oxygen atoms in total. The molecule has 0 radical (unpaired) electrons. The fourth-order valence-electron chi connectivity index (χ4n) is 0.799. The topological polar surface area (TPSA) is 59.9 Å². The Morgan fingerprint density at radius 1 is 1.36 bits per heavy atom. The molecule has 0 aromatic carbocycles. The molecular formula is C8H14N4OS. The summed E-state index contributed by atoms with van der Waals surface area (Å²) in [4.78, 5) is 12.3. The third kappa shape index (κ3) is 3.02. The molecule has 0 saturated heterocycles. The van der Waals surface area contributed by atoms with Gasteiger partial charge >= 0.3 is 6.01 Å². The van der Waals surface area contributed by atoms with E-state index >= 15 is 0 Å². The summed E-state index contributed by atoms with van der Waals surface area (Å²) in [5, 5.41) is 3.56. The zero-order valence-electron chi connectivity index (χ0n) is 8.57. The Hall–Kier alpha value is -1.04. The van der Waals surface area contributed by atoms with Gasteiger partial charge in [-0.25, -0.2) is 0 Å². The lowest BCUT2D eigenvalue weighted by atomic mass is 10.6. The van der Waals surface area contributed by atoms with Crippen LogP contribution in [0.15, 0.2) is 5.16 Å². The second-order valence-electron chi connectivity index (χ2n) is 2.53. The predicted molar refractivity (Wildman–Crippen MR) is 56.9 cm³/mol. The maximum Gasteiger partial charge on any atom is 0.321 e. The van der Waals surface area contributed by atoms with Crippen LogP contribution in [-0.4, -0.2) is 34.9 Å². The van der Waals surface area contributed by atoms with Gasteiger partial charge in [-0.05, 0) is 6.42 Å². The average molecular weight is 214 g/mol. The summed E-state index contributed by atoms with van der Waals surface area (Å²) in [7, 11) is 3.31. The van der Waals surface area contributed by atoms with Crippen LogP contribution in [0.2, 0.25) is 0 Å². The number of aromatic nitrogens is 3. The lowest BCUT2D eigenvalue weighted by Crippen LogP contribution is -2.02. The molecule has 1 heterocycles. The largest absolute Gasteiger partial charge is 0.467 e. The molecule has 1 aromatic heterocycles. The zero-order chi connectivity index (χ0) is 10.4. The van der Waals surface area contributed by atoms with Crippen LogP contribution in [-0.2, 0) is 0 Å². The predicted octanol–water partition coefficient (Wildman–Crippen LogP) is 1.42. The highest BCUT2D eigenvalue weighted by Crippen LogP contribution is 2.17. The Labute approximate surface area is 87.7 Å². The fourth-order valence-corrected chi connectivity index (χ4v) is 1.48. The highest BCUT2D eigenvalue weighted by atomic mass is 32.2. The van der Waals surface area contributed by atoms with Gasteiger partial charge in [-0.15, -0.1) is 0 Å². The summed E-state index contributed by atoms with van der Waals surface area (Å²) >= 11 is 1.60. The summed E-state index contributed by atoms with van der Waals surface area (Å²) in [5.41, 5.74) is 0. The van der Waals surface area contributed by atoms with E-state index in [2.05, 4.69) is 27.2 Å². The Morgan fingerprint density at radius 2 is 2.14 bits per heavy atom. The minimum Gasteiger partial charge on any atom is -0.467 e. The quantitative estimate of drug-likeness (QED) is 0.748. The normalized spacial score (nSPS) is 9.93. The molecule has 0 spiro atoms. The van der Waals surface area contributed by atoms with Gasteiger partial charge in [0.1, 0.15) is 0 Å². The van der Waals surface area contributed by atoms with Crippen LogP contribution in [0.1, 0.15) is 13.3 Å². The Bertz CT molecular complexity index is 272. The van der Waals surface area contributed by atoms with Crippen molar-refractivity contribution < 1.29 is 4.74 Å². The van der Waals surface area contributed by atoms with Gasteiger partial charge in [0.15, 0.2) is 5.16 Å². The van der Waals surface area contributed by atoms with Crippen molar-refractivity contribution in [1.82, 2.24) is 15.0 Å². The molecule has 0 aliphatic carbocycles. The van der Waals surface area contributed by atoms with Gasteiger partial charge in [0, 0.05) is 12.8 Å². The lowest BCUT2D eigenvalue weighted by Gasteiger charge is -2.04. The first-order chi connectivity index (χ1) is 6.80. The summed E-state index contributed by atoms with van der Waals surface area (Å²) in [6.45, 7) is 2.12. The van der Waals surface area contributed by atoms with Crippen molar-refractivity contribution >= 4 is 17.7 Å². The highest BCUT2D eigenvalue weighted by molar-refractivity contribution is 7.99. The van der Waals surface area contributed by atoms with E-state index in [0.29, 0.717) is 17.1 Å².